The lowest BCUT2D eigenvalue weighted by molar-refractivity contribution is -0.143. The molecule has 0 radical (unpaired) electrons. The fraction of sp³-hybridized carbons (Fsp3) is 0.417. The molecule has 1 rings (SSSR count). The van der Waals surface area contributed by atoms with Crippen LogP contribution in [0.2, 0.25) is 0 Å². The molecule has 0 saturated heterocycles. The number of nitrogens with two attached hydrogens (primary N) is 1. The van der Waals surface area contributed by atoms with Gasteiger partial charge in [0, 0.05) is 12.5 Å². The van der Waals surface area contributed by atoms with Crippen molar-refractivity contribution in [2.24, 2.45) is 5.73 Å². The Morgan fingerprint density at radius 1 is 1.44 bits per heavy atom. The van der Waals surface area contributed by atoms with E-state index in [1.807, 2.05) is 0 Å². The molecule has 3 nitrogen and oxygen atoms in total. The van der Waals surface area contributed by atoms with Gasteiger partial charge in [0.05, 0.1) is 6.61 Å². The standard InChI is InChI=1S/C12H16FNO2/c1-2-16-12(15)8-7-11(14)9-3-5-10(13)6-4-9/h3-6,11H,2,7-8,14H2,1H3. The summed E-state index contributed by atoms with van der Waals surface area (Å²) in [4.78, 5) is 11.1. The van der Waals surface area contributed by atoms with Crippen molar-refractivity contribution in [2.75, 3.05) is 6.61 Å². The molecule has 1 aromatic carbocycles. The van der Waals surface area contributed by atoms with Gasteiger partial charge >= 0.3 is 5.97 Å². The maximum absolute atomic E-state index is 12.6. The Kier molecular flexibility index (Phi) is 4.92. The van der Waals surface area contributed by atoms with Gasteiger partial charge in [-0.1, -0.05) is 12.1 Å². The van der Waals surface area contributed by atoms with E-state index in [-0.39, 0.29) is 24.2 Å². The second-order valence-corrected chi connectivity index (χ2v) is 3.50. The Balaban J connectivity index is 2.43. The summed E-state index contributed by atoms with van der Waals surface area (Å²) in [5.74, 6) is -0.540. The quantitative estimate of drug-likeness (QED) is 0.781. The predicted octanol–water partition coefficient (Wildman–Crippen LogP) is 2.17. The molecule has 16 heavy (non-hydrogen) atoms. The highest BCUT2D eigenvalue weighted by Gasteiger charge is 2.09. The first-order chi connectivity index (χ1) is 7.63. The van der Waals surface area contributed by atoms with E-state index in [2.05, 4.69) is 0 Å². The molecule has 0 amide bonds. The summed E-state index contributed by atoms with van der Waals surface area (Å²) >= 11 is 0. The smallest absolute Gasteiger partial charge is 0.305 e. The number of rotatable bonds is 5. The first kappa shape index (κ1) is 12.6. The molecule has 2 N–H and O–H groups in total. The van der Waals surface area contributed by atoms with E-state index < -0.39 is 0 Å². The molecule has 0 aliphatic carbocycles. The number of carbonyl (C=O) groups is 1. The molecule has 0 aromatic heterocycles. The Morgan fingerprint density at radius 2 is 2.06 bits per heavy atom. The number of hydrogen-bond acceptors (Lipinski definition) is 3. The highest BCUT2D eigenvalue weighted by Crippen LogP contribution is 2.16. The second kappa shape index (κ2) is 6.23. The lowest BCUT2D eigenvalue weighted by Gasteiger charge is -2.11. The van der Waals surface area contributed by atoms with Gasteiger partial charge in [0.25, 0.3) is 0 Å². The van der Waals surface area contributed by atoms with Crippen LogP contribution in [0.5, 0.6) is 0 Å². The summed E-state index contributed by atoms with van der Waals surface area (Å²) in [6.07, 6.45) is 0.789. The van der Waals surface area contributed by atoms with Gasteiger partial charge in [0.15, 0.2) is 0 Å². The van der Waals surface area contributed by atoms with Crippen LogP contribution in [-0.4, -0.2) is 12.6 Å². The number of hydrogen-bond donors (Lipinski definition) is 1. The molecule has 0 fully saturated rings. The number of benzene rings is 1. The third-order valence-corrected chi connectivity index (χ3v) is 2.26. The second-order valence-electron chi connectivity index (χ2n) is 3.50. The normalized spacial score (nSPS) is 12.2. The van der Waals surface area contributed by atoms with Crippen molar-refractivity contribution in [3.63, 3.8) is 0 Å². The minimum Gasteiger partial charge on any atom is -0.466 e. The van der Waals surface area contributed by atoms with Crippen LogP contribution >= 0.6 is 0 Å². The summed E-state index contributed by atoms with van der Waals surface area (Å²) in [6, 6.07) is 5.72. The van der Waals surface area contributed by atoms with Gasteiger partial charge in [0.1, 0.15) is 5.82 Å². The summed E-state index contributed by atoms with van der Waals surface area (Å²) in [7, 11) is 0. The first-order valence-corrected chi connectivity index (χ1v) is 5.30. The number of esters is 1. The summed E-state index contributed by atoms with van der Waals surface area (Å²) in [5, 5.41) is 0. The third kappa shape index (κ3) is 3.98. The van der Waals surface area contributed by atoms with Gasteiger partial charge in [-0.15, -0.1) is 0 Å². The lowest BCUT2D eigenvalue weighted by atomic mass is 10.0. The Labute approximate surface area is 94.4 Å². The van der Waals surface area contributed by atoms with Crippen molar-refractivity contribution in [1.29, 1.82) is 0 Å². The van der Waals surface area contributed by atoms with Gasteiger partial charge in [-0.05, 0) is 31.0 Å². The van der Waals surface area contributed by atoms with Crippen LogP contribution in [0, 0.1) is 5.82 Å². The van der Waals surface area contributed by atoms with Crippen LogP contribution in [-0.2, 0) is 9.53 Å². The molecule has 88 valence electrons. The largest absolute Gasteiger partial charge is 0.466 e. The van der Waals surface area contributed by atoms with Gasteiger partial charge in [-0.2, -0.15) is 0 Å². The van der Waals surface area contributed by atoms with E-state index in [4.69, 9.17) is 10.5 Å². The first-order valence-electron chi connectivity index (χ1n) is 5.30. The van der Waals surface area contributed by atoms with Gasteiger partial charge in [-0.3, -0.25) is 4.79 Å². The minimum absolute atomic E-state index is 0.250. The van der Waals surface area contributed by atoms with Crippen LogP contribution in [0.4, 0.5) is 4.39 Å². The van der Waals surface area contributed by atoms with E-state index in [9.17, 15) is 9.18 Å². The zero-order valence-electron chi connectivity index (χ0n) is 9.28. The molecule has 0 spiro atoms. The molecule has 0 saturated carbocycles. The zero-order valence-corrected chi connectivity index (χ0v) is 9.28. The Hall–Kier alpha value is -1.42. The molecule has 0 aliphatic heterocycles. The number of ether oxygens (including phenoxy) is 1. The van der Waals surface area contributed by atoms with Crippen molar-refractivity contribution >= 4 is 5.97 Å². The van der Waals surface area contributed by atoms with Gasteiger partial charge < -0.3 is 10.5 Å². The zero-order chi connectivity index (χ0) is 12.0. The predicted molar refractivity (Wildman–Crippen MR) is 59.2 cm³/mol. The van der Waals surface area contributed by atoms with Crippen LogP contribution in [0.3, 0.4) is 0 Å². The molecule has 0 heterocycles. The van der Waals surface area contributed by atoms with E-state index in [0.29, 0.717) is 13.0 Å². The molecule has 0 bridgehead atoms. The Morgan fingerprint density at radius 3 is 2.62 bits per heavy atom. The highest BCUT2D eigenvalue weighted by molar-refractivity contribution is 5.69. The molecule has 4 heteroatoms. The minimum atomic E-state index is -0.290. The van der Waals surface area contributed by atoms with Crippen molar-refractivity contribution in [3.8, 4) is 0 Å². The van der Waals surface area contributed by atoms with Crippen LogP contribution in [0.1, 0.15) is 31.4 Å². The monoisotopic (exact) mass is 225 g/mol. The maximum Gasteiger partial charge on any atom is 0.305 e. The summed E-state index contributed by atoms with van der Waals surface area (Å²) in [5.41, 5.74) is 6.68. The average molecular weight is 225 g/mol. The van der Waals surface area contributed by atoms with E-state index >= 15 is 0 Å². The third-order valence-electron chi connectivity index (χ3n) is 2.26. The molecule has 1 unspecified atom stereocenters. The van der Waals surface area contributed by atoms with Crippen molar-refractivity contribution in [2.45, 2.75) is 25.8 Å². The van der Waals surface area contributed by atoms with Crippen molar-refractivity contribution in [1.82, 2.24) is 0 Å². The van der Waals surface area contributed by atoms with Crippen molar-refractivity contribution < 1.29 is 13.9 Å². The molecule has 1 atom stereocenters. The molecular weight excluding hydrogens is 209 g/mol. The lowest BCUT2D eigenvalue weighted by Crippen LogP contribution is -2.13. The summed E-state index contributed by atoms with van der Waals surface area (Å²) < 4.78 is 17.4. The van der Waals surface area contributed by atoms with Gasteiger partial charge in [0.2, 0.25) is 0 Å². The summed E-state index contributed by atoms with van der Waals surface area (Å²) in [6.45, 7) is 2.14. The number of halogens is 1. The van der Waals surface area contributed by atoms with Gasteiger partial charge in [-0.25, -0.2) is 4.39 Å². The number of carbonyl (C=O) groups excluding carboxylic acids is 1. The van der Waals surface area contributed by atoms with Crippen molar-refractivity contribution in [3.05, 3.63) is 35.6 Å². The molecule has 0 aliphatic rings. The Bertz CT molecular complexity index is 337. The van der Waals surface area contributed by atoms with E-state index in [1.54, 1.807) is 19.1 Å². The topological polar surface area (TPSA) is 52.3 Å². The van der Waals surface area contributed by atoms with E-state index in [1.165, 1.54) is 12.1 Å². The van der Waals surface area contributed by atoms with Crippen LogP contribution in [0.25, 0.3) is 0 Å². The van der Waals surface area contributed by atoms with Crippen LogP contribution in [0.15, 0.2) is 24.3 Å². The highest BCUT2D eigenvalue weighted by atomic mass is 19.1. The maximum atomic E-state index is 12.6. The fourth-order valence-electron chi connectivity index (χ4n) is 1.38. The SMILES string of the molecule is CCOC(=O)CCC(N)c1ccc(F)cc1. The van der Waals surface area contributed by atoms with Crippen LogP contribution < -0.4 is 5.73 Å². The van der Waals surface area contributed by atoms with E-state index in [0.717, 1.165) is 5.56 Å². The molecule has 1 aromatic rings. The fourth-order valence-corrected chi connectivity index (χ4v) is 1.38. The molecular formula is C12H16FNO2. The average Bonchev–Trinajstić information content (AvgIpc) is 2.27.